The van der Waals surface area contributed by atoms with Gasteiger partial charge < -0.3 is 16.8 Å². The third-order valence-corrected chi connectivity index (χ3v) is 2.88. The predicted molar refractivity (Wildman–Crippen MR) is 75.7 cm³/mol. The summed E-state index contributed by atoms with van der Waals surface area (Å²) in [6, 6.07) is 9.52. The number of benzene rings is 1. The topological polar surface area (TPSA) is 94.0 Å². The van der Waals surface area contributed by atoms with Crippen molar-refractivity contribution >= 4 is 17.4 Å². The van der Waals surface area contributed by atoms with Gasteiger partial charge in [-0.2, -0.15) is 0 Å². The number of carbonyl (C=O) groups excluding carboxylic acids is 1. The lowest BCUT2D eigenvalue weighted by atomic mass is 10.1. The Labute approximate surface area is 111 Å². The van der Waals surface area contributed by atoms with E-state index in [1.54, 1.807) is 0 Å². The van der Waals surface area contributed by atoms with Gasteiger partial charge in [0, 0.05) is 6.54 Å². The summed E-state index contributed by atoms with van der Waals surface area (Å²) in [6.07, 6.45) is 1.49. The quantitative estimate of drug-likeness (QED) is 0.775. The third-order valence-electron chi connectivity index (χ3n) is 2.88. The summed E-state index contributed by atoms with van der Waals surface area (Å²) in [5.41, 5.74) is 13.9. The molecule has 0 aliphatic heterocycles. The maximum atomic E-state index is 11.3. The number of aryl methyl sites for hydroxylation is 1. The van der Waals surface area contributed by atoms with Gasteiger partial charge in [0.15, 0.2) is 0 Å². The van der Waals surface area contributed by atoms with E-state index in [1.807, 2.05) is 31.2 Å². The highest BCUT2D eigenvalue weighted by Crippen LogP contribution is 2.16. The number of rotatable bonds is 4. The molecule has 1 heterocycles. The van der Waals surface area contributed by atoms with Crippen LogP contribution in [-0.2, 0) is 6.54 Å². The van der Waals surface area contributed by atoms with Crippen LogP contribution in [0.1, 0.15) is 21.5 Å². The molecule has 0 unspecified atom stereocenters. The molecule has 2 aromatic rings. The molecule has 1 aromatic carbocycles. The van der Waals surface area contributed by atoms with Crippen molar-refractivity contribution in [3.05, 3.63) is 53.2 Å². The number of nitrogen functional groups attached to an aromatic ring is 1. The summed E-state index contributed by atoms with van der Waals surface area (Å²) < 4.78 is 0. The SMILES string of the molecule is Cc1ccccc1CNc1ncc(N)cc1C(N)=O. The molecule has 5 N–H and O–H groups in total. The number of primary amides is 1. The number of pyridine rings is 1. The van der Waals surface area contributed by atoms with Crippen LogP contribution in [-0.4, -0.2) is 10.9 Å². The lowest BCUT2D eigenvalue weighted by Crippen LogP contribution is -2.16. The van der Waals surface area contributed by atoms with Gasteiger partial charge in [-0.1, -0.05) is 24.3 Å². The first kappa shape index (κ1) is 12.9. The molecule has 0 spiro atoms. The molecule has 5 heteroatoms. The number of hydrogen-bond donors (Lipinski definition) is 3. The molecule has 1 amide bonds. The normalized spacial score (nSPS) is 10.2. The molecule has 19 heavy (non-hydrogen) atoms. The number of nitrogens with one attached hydrogen (secondary N) is 1. The van der Waals surface area contributed by atoms with E-state index in [0.717, 1.165) is 5.56 Å². The number of aromatic nitrogens is 1. The van der Waals surface area contributed by atoms with E-state index < -0.39 is 5.91 Å². The van der Waals surface area contributed by atoms with Crippen LogP contribution in [0.4, 0.5) is 11.5 Å². The second kappa shape index (κ2) is 5.39. The molecule has 5 nitrogen and oxygen atoms in total. The van der Waals surface area contributed by atoms with Crippen molar-refractivity contribution < 1.29 is 4.79 Å². The van der Waals surface area contributed by atoms with E-state index >= 15 is 0 Å². The molecule has 98 valence electrons. The van der Waals surface area contributed by atoms with Crippen molar-refractivity contribution in [2.24, 2.45) is 5.73 Å². The van der Waals surface area contributed by atoms with E-state index in [0.29, 0.717) is 23.6 Å². The summed E-state index contributed by atoms with van der Waals surface area (Å²) in [5, 5.41) is 3.11. The largest absolute Gasteiger partial charge is 0.397 e. The standard InChI is InChI=1S/C14H16N4O/c1-9-4-2-3-5-10(9)7-17-14-12(13(16)19)6-11(15)8-18-14/h2-6,8H,7,15H2,1H3,(H2,16,19)(H,17,18). The van der Waals surface area contributed by atoms with Crippen molar-refractivity contribution in [1.82, 2.24) is 4.98 Å². The number of carbonyl (C=O) groups is 1. The fourth-order valence-corrected chi connectivity index (χ4v) is 1.80. The fraction of sp³-hybridized carbons (Fsp3) is 0.143. The fourth-order valence-electron chi connectivity index (χ4n) is 1.80. The van der Waals surface area contributed by atoms with Gasteiger partial charge in [-0.15, -0.1) is 0 Å². The summed E-state index contributed by atoms with van der Waals surface area (Å²) in [7, 11) is 0. The zero-order valence-electron chi connectivity index (χ0n) is 10.7. The molecule has 2 rings (SSSR count). The smallest absolute Gasteiger partial charge is 0.252 e. The molecule has 0 fully saturated rings. The van der Waals surface area contributed by atoms with Crippen molar-refractivity contribution in [2.45, 2.75) is 13.5 Å². The van der Waals surface area contributed by atoms with E-state index in [2.05, 4.69) is 10.3 Å². The van der Waals surface area contributed by atoms with Crippen molar-refractivity contribution in [3.8, 4) is 0 Å². The van der Waals surface area contributed by atoms with Crippen LogP contribution in [0.15, 0.2) is 36.5 Å². The van der Waals surface area contributed by atoms with Gasteiger partial charge in [-0.25, -0.2) is 4.98 Å². The summed E-state index contributed by atoms with van der Waals surface area (Å²) in [6.45, 7) is 2.60. The highest BCUT2D eigenvalue weighted by Gasteiger charge is 2.10. The maximum absolute atomic E-state index is 11.3. The van der Waals surface area contributed by atoms with Crippen LogP contribution < -0.4 is 16.8 Å². The minimum atomic E-state index is -0.549. The van der Waals surface area contributed by atoms with Crippen LogP contribution in [0, 0.1) is 6.92 Å². The van der Waals surface area contributed by atoms with Crippen LogP contribution in [0.5, 0.6) is 0 Å². The predicted octanol–water partition coefficient (Wildman–Crippen LogP) is 1.68. The lowest BCUT2D eigenvalue weighted by Gasteiger charge is -2.11. The Morgan fingerprint density at radius 1 is 1.37 bits per heavy atom. The summed E-state index contributed by atoms with van der Waals surface area (Å²) >= 11 is 0. The molecule has 0 aliphatic carbocycles. The van der Waals surface area contributed by atoms with Crippen LogP contribution >= 0.6 is 0 Å². The Morgan fingerprint density at radius 2 is 2.11 bits per heavy atom. The summed E-state index contributed by atoms with van der Waals surface area (Å²) in [4.78, 5) is 15.4. The zero-order valence-corrected chi connectivity index (χ0v) is 10.7. The first-order valence-electron chi connectivity index (χ1n) is 5.91. The zero-order chi connectivity index (χ0) is 13.8. The Kier molecular flexibility index (Phi) is 3.66. The van der Waals surface area contributed by atoms with Gasteiger partial charge in [-0.3, -0.25) is 4.79 Å². The molecular weight excluding hydrogens is 240 g/mol. The van der Waals surface area contributed by atoms with Gasteiger partial charge in [0.05, 0.1) is 17.4 Å². The van der Waals surface area contributed by atoms with Crippen molar-refractivity contribution in [1.29, 1.82) is 0 Å². The molecule has 0 saturated carbocycles. The Bertz CT molecular complexity index is 610. The van der Waals surface area contributed by atoms with Gasteiger partial charge in [0.25, 0.3) is 5.91 Å². The Balaban J connectivity index is 2.20. The minimum absolute atomic E-state index is 0.300. The summed E-state index contributed by atoms with van der Waals surface area (Å²) in [5.74, 6) is -0.1000. The van der Waals surface area contributed by atoms with E-state index in [-0.39, 0.29) is 0 Å². The highest BCUT2D eigenvalue weighted by molar-refractivity contribution is 5.98. The molecule has 0 radical (unpaired) electrons. The van der Waals surface area contributed by atoms with Crippen LogP contribution in [0.2, 0.25) is 0 Å². The first-order valence-corrected chi connectivity index (χ1v) is 5.91. The van der Waals surface area contributed by atoms with E-state index in [1.165, 1.54) is 17.8 Å². The van der Waals surface area contributed by atoms with Gasteiger partial charge in [0.2, 0.25) is 0 Å². The molecule has 0 bridgehead atoms. The van der Waals surface area contributed by atoms with Gasteiger partial charge >= 0.3 is 0 Å². The third kappa shape index (κ3) is 3.01. The maximum Gasteiger partial charge on any atom is 0.252 e. The molecule has 1 aromatic heterocycles. The number of nitrogens with two attached hydrogens (primary N) is 2. The monoisotopic (exact) mass is 256 g/mol. The molecule has 0 aliphatic rings. The molecular formula is C14H16N4O. The first-order chi connectivity index (χ1) is 9.08. The van der Waals surface area contributed by atoms with Gasteiger partial charge in [-0.05, 0) is 24.1 Å². The van der Waals surface area contributed by atoms with Crippen molar-refractivity contribution in [2.75, 3.05) is 11.1 Å². The Hall–Kier alpha value is -2.56. The molecule has 0 atom stereocenters. The van der Waals surface area contributed by atoms with E-state index in [9.17, 15) is 4.79 Å². The number of amides is 1. The second-order valence-corrected chi connectivity index (χ2v) is 4.31. The second-order valence-electron chi connectivity index (χ2n) is 4.31. The number of nitrogens with zero attached hydrogens (tertiary/aromatic N) is 1. The van der Waals surface area contributed by atoms with E-state index in [4.69, 9.17) is 11.5 Å². The average Bonchev–Trinajstić information content (AvgIpc) is 2.38. The number of hydrogen-bond acceptors (Lipinski definition) is 4. The minimum Gasteiger partial charge on any atom is -0.397 e. The van der Waals surface area contributed by atoms with Gasteiger partial charge in [0.1, 0.15) is 5.82 Å². The average molecular weight is 256 g/mol. The lowest BCUT2D eigenvalue weighted by molar-refractivity contribution is 0.100. The van der Waals surface area contributed by atoms with Crippen molar-refractivity contribution in [3.63, 3.8) is 0 Å². The van der Waals surface area contributed by atoms with Crippen LogP contribution in [0.3, 0.4) is 0 Å². The molecule has 0 saturated heterocycles. The highest BCUT2D eigenvalue weighted by atomic mass is 16.1. The Morgan fingerprint density at radius 3 is 2.79 bits per heavy atom. The van der Waals surface area contributed by atoms with Crippen LogP contribution in [0.25, 0.3) is 0 Å². The number of anilines is 2.